The van der Waals surface area contributed by atoms with E-state index in [1.54, 1.807) is 13.2 Å². The van der Waals surface area contributed by atoms with Crippen molar-refractivity contribution in [1.29, 1.82) is 0 Å². The molecular weight excluding hydrogens is 292 g/mol. The third-order valence-electron chi connectivity index (χ3n) is 2.89. The lowest BCUT2D eigenvalue weighted by Gasteiger charge is -2.07. The molecule has 0 aliphatic heterocycles. The van der Waals surface area contributed by atoms with Gasteiger partial charge in [0.25, 0.3) is 5.91 Å². The van der Waals surface area contributed by atoms with E-state index < -0.39 is 0 Å². The number of carbonyl (C=O) groups excluding carboxylic acids is 1. The zero-order valence-corrected chi connectivity index (χ0v) is 12.5. The molecule has 1 heterocycles. The topological polar surface area (TPSA) is 60.5 Å². The van der Waals surface area contributed by atoms with Crippen LogP contribution in [0.2, 0.25) is 5.15 Å². The summed E-state index contributed by atoms with van der Waals surface area (Å²) in [4.78, 5) is 16.1. The van der Waals surface area contributed by atoms with E-state index in [-0.39, 0.29) is 5.91 Å². The predicted octanol–water partition coefficient (Wildman–Crippen LogP) is 2.28. The van der Waals surface area contributed by atoms with Crippen molar-refractivity contribution in [2.45, 2.75) is 0 Å². The Labute approximate surface area is 128 Å². The molecule has 0 fully saturated rings. The van der Waals surface area contributed by atoms with Gasteiger partial charge in [-0.15, -0.1) is 0 Å². The van der Waals surface area contributed by atoms with Crippen molar-refractivity contribution in [3.8, 4) is 0 Å². The minimum absolute atomic E-state index is 0.266. The van der Waals surface area contributed by atoms with E-state index >= 15 is 0 Å². The zero-order valence-electron chi connectivity index (χ0n) is 11.8. The van der Waals surface area contributed by atoms with Gasteiger partial charge in [-0.3, -0.25) is 4.79 Å². The van der Waals surface area contributed by atoms with Crippen LogP contribution >= 0.6 is 11.6 Å². The normalized spacial score (nSPS) is 10.8. The minimum Gasteiger partial charge on any atom is -0.382 e. The Morgan fingerprint density at radius 1 is 1.29 bits per heavy atom. The van der Waals surface area contributed by atoms with Crippen molar-refractivity contribution < 1.29 is 14.3 Å². The Morgan fingerprint density at radius 2 is 2.10 bits per heavy atom. The van der Waals surface area contributed by atoms with Gasteiger partial charge in [-0.1, -0.05) is 35.9 Å². The number of ether oxygens (including phenoxy) is 2. The maximum atomic E-state index is 12.0. The second kappa shape index (κ2) is 7.93. The summed E-state index contributed by atoms with van der Waals surface area (Å²) >= 11 is 6.10. The van der Waals surface area contributed by atoms with Gasteiger partial charge >= 0.3 is 0 Å². The molecule has 0 unspecified atom stereocenters. The standard InChI is InChI=1S/C15H17ClN2O3/c1-20-8-9-21-7-6-17-15(19)13-10-11-4-2-3-5-12(11)14(16)18-13/h2-5,10H,6-9H2,1H3,(H,17,19). The van der Waals surface area contributed by atoms with Gasteiger partial charge < -0.3 is 14.8 Å². The Morgan fingerprint density at radius 3 is 2.90 bits per heavy atom. The SMILES string of the molecule is COCCOCCNC(=O)c1cc2ccccc2c(Cl)n1. The Hall–Kier alpha value is -1.69. The minimum atomic E-state index is -0.266. The number of methoxy groups -OCH3 is 1. The van der Waals surface area contributed by atoms with E-state index in [1.165, 1.54) is 0 Å². The molecule has 0 saturated heterocycles. The molecule has 0 aliphatic rings. The summed E-state index contributed by atoms with van der Waals surface area (Å²) in [5.74, 6) is -0.266. The highest BCUT2D eigenvalue weighted by atomic mass is 35.5. The zero-order chi connectivity index (χ0) is 15.1. The Balaban J connectivity index is 1.93. The van der Waals surface area contributed by atoms with Crippen molar-refractivity contribution in [2.24, 2.45) is 0 Å². The van der Waals surface area contributed by atoms with Gasteiger partial charge in [-0.2, -0.15) is 0 Å². The average molecular weight is 309 g/mol. The number of hydrogen-bond donors (Lipinski definition) is 1. The van der Waals surface area contributed by atoms with Crippen LogP contribution in [0.1, 0.15) is 10.5 Å². The number of rotatable bonds is 7. The third-order valence-corrected chi connectivity index (χ3v) is 3.18. The van der Waals surface area contributed by atoms with E-state index in [1.807, 2.05) is 24.3 Å². The molecule has 0 atom stereocenters. The van der Waals surface area contributed by atoms with Crippen molar-refractivity contribution in [1.82, 2.24) is 10.3 Å². The van der Waals surface area contributed by atoms with E-state index in [0.29, 0.717) is 37.2 Å². The quantitative estimate of drug-likeness (QED) is 0.630. The maximum Gasteiger partial charge on any atom is 0.270 e. The third kappa shape index (κ3) is 4.39. The number of aromatic nitrogens is 1. The fourth-order valence-corrected chi connectivity index (χ4v) is 2.11. The molecule has 0 bridgehead atoms. The fraction of sp³-hybridized carbons (Fsp3) is 0.333. The van der Waals surface area contributed by atoms with Gasteiger partial charge in [0, 0.05) is 19.0 Å². The molecule has 21 heavy (non-hydrogen) atoms. The first-order valence-electron chi connectivity index (χ1n) is 6.62. The lowest BCUT2D eigenvalue weighted by atomic mass is 10.1. The summed E-state index contributed by atoms with van der Waals surface area (Å²) < 4.78 is 10.1. The average Bonchev–Trinajstić information content (AvgIpc) is 2.50. The number of pyridine rings is 1. The monoisotopic (exact) mass is 308 g/mol. The number of fused-ring (bicyclic) bond motifs is 1. The number of hydrogen-bond acceptors (Lipinski definition) is 4. The van der Waals surface area contributed by atoms with Crippen LogP contribution in [0.15, 0.2) is 30.3 Å². The van der Waals surface area contributed by atoms with Gasteiger partial charge in [0.15, 0.2) is 0 Å². The second-order valence-electron chi connectivity index (χ2n) is 4.38. The van der Waals surface area contributed by atoms with E-state index in [0.717, 1.165) is 10.8 Å². The van der Waals surface area contributed by atoms with E-state index in [9.17, 15) is 4.79 Å². The molecule has 5 nitrogen and oxygen atoms in total. The van der Waals surface area contributed by atoms with Crippen molar-refractivity contribution >= 4 is 28.3 Å². The van der Waals surface area contributed by atoms with Gasteiger partial charge in [-0.25, -0.2) is 4.98 Å². The summed E-state index contributed by atoms with van der Waals surface area (Å²) in [5.41, 5.74) is 0.301. The fourth-order valence-electron chi connectivity index (χ4n) is 1.84. The van der Waals surface area contributed by atoms with Crippen LogP contribution in [-0.2, 0) is 9.47 Å². The number of benzene rings is 1. The molecule has 2 aromatic rings. The number of nitrogens with one attached hydrogen (secondary N) is 1. The van der Waals surface area contributed by atoms with Crippen molar-refractivity contribution in [2.75, 3.05) is 33.5 Å². The summed E-state index contributed by atoms with van der Waals surface area (Å²) in [5, 5.41) is 4.79. The number of nitrogens with zero attached hydrogens (tertiary/aromatic N) is 1. The van der Waals surface area contributed by atoms with Gasteiger partial charge in [0.1, 0.15) is 10.8 Å². The van der Waals surface area contributed by atoms with E-state index in [2.05, 4.69) is 10.3 Å². The highest BCUT2D eigenvalue weighted by Gasteiger charge is 2.10. The predicted molar refractivity (Wildman–Crippen MR) is 81.8 cm³/mol. The van der Waals surface area contributed by atoms with Gasteiger partial charge in [0.2, 0.25) is 0 Å². The molecule has 2 rings (SSSR count). The van der Waals surface area contributed by atoms with Crippen molar-refractivity contribution in [3.63, 3.8) is 0 Å². The summed E-state index contributed by atoms with van der Waals surface area (Å²) in [7, 11) is 1.61. The molecule has 112 valence electrons. The smallest absolute Gasteiger partial charge is 0.270 e. The first-order valence-corrected chi connectivity index (χ1v) is 7.00. The Bertz CT molecular complexity index is 619. The molecule has 1 aromatic heterocycles. The molecular formula is C15H17ClN2O3. The van der Waals surface area contributed by atoms with Gasteiger partial charge in [-0.05, 0) is 11.5 Å². The van der Waals surface area contributed by atoms with Crippen LogP contribution in [0.5, 0.6) is 0 Å². The molecule has 6 heteroatoms. The number of carbonyl (C=O) groups is 1. The van der Waals surface area contributed by atoms with Crippen LogP contribution in [0.3, 0.4) is 0 Å². The highest BCUT2D eigenvalue weighted by molar-refractivity contribution is 6.34. The van der Waals surface area contributed by atoms with Crippen LogP contribution in [-0.4, -0.2) is 44.4 Å². The molecule has 1 amide bonds. The molecule has 0 saturated carbocycles. The lowest BCUT2D eigenvalue weighted by Crippen LogP contribution is -2.28. The van der Waals surface area contributed by atoms with Crippen molar-refractivity contribution in [3.05, 3.63) is 41.2 Å². The van der Waals surface area contributed by atoms with Gasteiger partial charge in [0.05, 0.1) is 19.8 Å². The summed E-state index contributed by atoms with van der Waals surface area (Å²) in [6.07, 6.45) is 0. The van der Waals surface area contributed by atoms with Crippen LogP contribution in [0.25, 0.3) is 10.8 Å². The molecule has 1 aromatic carbocycles. The maximum absolute atomic E-state index is 12.0. The molecule has 0 radical (unpaired) electrons. The number of halogens is 1. The number of amides is 1. The molecule has 0 aliphatic carbocycles. The first-order chi connectivity index (χ1) is 10.2. The van der Waals surface area contributed by atoms with Crippen LogP contribution in [0, 0.1) is 0 Å². The Kier molecular flexibility index (Phi) is 5.92. The van der Waals surface area contributed by atoms with Crippen LogP contribution < -0.4 is 5.32 Å². The molecule has 0 spiro atoms. The van der Waals surface area contributed by atoms with E-state index in [4.69, 9.17) is 21.1 Å². The van der Waals surface area contributed by atoms with Crippen LogP contribution in [0.4, 0.5) is 0 Å². The largest absolute Gasteiger partial charge is 0.382 e. The summed E-state index contributed by atoms with van der Waals surface area (Å²) in [6.45, 7) is 1.88. The second-order valence-corrected chi connectivity index (χ2v) is 4.74. The summed E-state index contributed by atoms with van der Waals surface area (Å²) in [6, 6.07) is 9.27. The molecule has 1 N–H and O–H groups in total. The first kappa shape index (κ1) is 15.7. The highest BCUT2D eigenvalue weighted by Crippen LogP contribution is 2.22. The lowest BCUT2D eigenvalue weighted by molar-refractivity contribution is 0.0692.